The molecule has 0 radical (unpaired) electrons. The molecule has 0 aliphatic heterocycles. The molecule has 5 rings (SSSR count). The zero-order valence-electron chi connectivity index (χ0n) is 18.5. The predicted octanol–water partition coefficient (Wildman–Crippen LogP) is 5.73. The molecule has 5 fully saturated rings. The van der Waals surface area contributed by atoms with Gasteiger partial charge in [-0.25, -0.2) is 4.79 Å². The lowest BCUT2D eigenvalue weighted by molar-refractivity contribution is -0.238. The normalized spacial score (nSPS) is 37.3. The summed E-state index contributed by atoms with van der Waals surface area (Å²) >= 11 is 0. The van der Waals surface area contributed by atoms with Gasteiger partial charge < -0.3 is 14.2 Å². The summed E-state index contributed by atoms with van der Waals surface area (Å²) in [5, 5.41) is 0. The molecule has 0 amide bonds. The Hall–Kier alpha value is -0.750. The molecule has 0 heterocycles. The Morgan fingerprint density at radius 1 is 1.10 bits per heavy atom. The number of carbonyl (C=O) groups is 1. The SMILES string of the molecule is CC(OCCC1CCCCC1)OC1C2CC3CC1CC(COC(=O)C(C)(F)F)(C3)C2. The van der Waals surface area contributed by atoms with Crippen LogP contribution in [-0.4, -0.2) is 37.5 Å². The molecule has 5 aliphatic rings. The highest BCUT2D eigenvalue weighted by Gasteiger charge is 2.56. The lowest BCUT2D eigenvalue weighted by atomic mass is 9.49. The molecule has 0 N–H and O–H groups in total. The average Bonchev–Trinajstić information content (AvgIpc) is 2.68. The van der Waals surface area contributed by atoms with E-state index in [0.717, 1.165) is 51.0 Å². The Morgan fingerprint density at radius 2 is 1.77 bits per heavy atom. The summed E-state index contributed by atoms with van der Waals surface area (Å²) in [6.07, 6.45) is 12.9. The quantitative estimate of drug-likeness (QED) is 0.348. The molecular formula is C24H38F2O4. The third kappa shape index (κ3) is 5.17. The van der Waals surface area contributed by atoms with Crippen LogP contribution in [0.4, 0.5) is 8.78 Å². The van der Waals surface area contributed by atoms with E-state index in [4.69, 9.17) is 14.2 Å². The van der Waals surface area contributed by atoms with E-state index in [2.05, 4.69) is 0 Å². The van der Waals surface area contributed by atoms with Gasteiger partial charge in [-0.1, -0.05) is 32.1 Å². The van der Waals surface area contributed by atoms with Crippen molar-refractivity contribution in [2.45, 2.75) is 103 Å². The lowest BCUT2D eigenvalue weighted by Crippen LogP contribution is -2.56. The van der Waals surface area contributed by atoms with Crippen molar-refractivity contribution in [1.82, 2.24) is 0 Å². The molecule has 0 saturated heterocycles. The van der Waals surface area contributed by atoms with E-state index in [1.807, 2.05) is 6.92 Å². The minimum Gasteiger partial charge on any atom is -0.461 e. The Labute approximate surface area is 179 Å². The van der Waals surface area contributed by atoms with Crippen LogP contribution in [0.3, 0.4) is 0 Å². The van der Waals surface area contributed by atoms with Crippen LogP contribution in [0.1, 0.15) is 84.5 Å². The molecule has 0 aromatic carbocycles. The van der Waals surface area contributed by atoms with E-state index in [1.165, 1.54) is 32.1 Å². The third-order valence-electron chi connectivity index (χ3n) is 8.13. The van der Waals surface area contributed by atoms with Gasteiger partial charge >= 0.3 is 11.9 Å². The first-order valence-corrected chi connectivity index (χ1v) is 12.1. The van der Waals surface area contributed by atoms with Gasteiger partial charge in [-0.3, -0.25) is 0 Å². The molecule has 4 bridgehead atoms. The number of hydrogen-bond donors (Lipinski definition) is 0. The van der Waals surface area contributed by atoms with Crippen molar-refractivity contribution < 1.29 is 27.8 Å². The van der Waals surface area contributed by atoms with Crippen LogP contribution in [0.15, 0.2) is 0 Å². The molecule has 3 unspecified atom stereocenters. The zero-order valence-corrected chi connectivity index (χ0v) is 18.5. The highest BCUT2D eigenvalue weighted by molar-refractivity contribution is 5.76. The van der Waals surface area contributed by atoms with Gasteiger partial charge in [0.1, 0.15) is 0 Å². The standard InChI is InChI=1S/C24H38F2O4/c1-16(28-9-8-17-6-4-3-5-7-17)30-21-19-10-18-11-20(21)14-24(12-18,13-19)15-29-22(27)23(2,25)26/h16-21H,3-15H2,1-2H3. The Balaban J connectivity index is 1.25. The van der Waals surface area contributed by atoms with Crippen LogP contribution in [-0.2, 0) is 19.0 Å². The van der Waals surface area contributed by atoms with Crippen LogP contribution < -0.4 is 0 Å². The molecule has 5 saturated carbocycles. The maximum atomic E-state index is 13.2. The van der Waals surface area contributed by atoms with Crippen LogP contribution >= 0.6 is 0 Å². The highest BCUT2D eigenvalue weighted by Crippen LogP contribution is 2.61. The predicted molar refractivity (Wildman–Crippen MR) is 109 cm³/mol. The minimum absolute atomic E-state index is 0.124. The van der Waals surface area contributed by atoms with Crippen LogP contribution in [0.25, 0.3) is 0 Å². The first-order chi connectivity index (χ1) is 14.2. The fourth-order valence-corrected chi connectivity index (χ4v) is 7.03. The molecule has 4 nitrogen and oxygen atoms in total. The van der Waals surface area contributed by atoms with Gasteiger partial charge in [0.15, 0.2) is 6.29 Å². The van der Waals surface area contributed by atoms with E-state index >= 15 is 0 Å². The van der Waals surface area contributed by atoms with E-state index in [-0.39, 0.29) is 24.4 Å². The summed E-state index contributed by atoms with van der Waals surface area (Å²) in [5.74, 6) is -2.57. The first-order valence-electron chi connectivity index (χ1n) is 12.1. The minimum atomic E-state index is -3.42. The van der Waals surface area contributed by atoms with Crippen molar-refractivity contribution in [1.29, 1.82) is 0 Å². The summed E-state index contributed by atoms with van der Waals surface area (Å²) < 4.78 is 43.9. The van der Waals surface area contributed by atoms with Crippen molar-refractivity contribution >= 4 is 5.97 Å². The van der Waals surface area contributed by atoms with Gasteiger partial charge in [-0.15, -0.1) is 0 Å². The average molecular weight is 429 g/mol. The number of carbonyl (C=O) groups excluding carboxylic acids is 1. The number of halogens is 2. The fourth-order valence-electron chi connectivity index (χ4n) is 7.03. The largest absolute Gasteiger partial charge is 0.461 e. The van der Waals surface area contributed by atoms with Crippen LogP contribution in [0, 0.1) is 29.1 Å². The van der Waals surface area contributed by atoms with E-state index in [1.54, 1.807) is 0 Å². The topological polar surface area (TPSA) is 44.8 Å². The van der Waals surface area contributed by atoms with Crippen molar-refractivity contribution in [3.63, 3.8) is 0 Å². The maximum absolute atomic E-state index is 13.2. The van der Waals surface area contributed by atoms with Crippen molar-refractivity contribution in [3.8, 4) is 0 Å². The Bertz CT molecular complexity index is 583. The summed E-state index contributed by atoms with van der Waals surface area (Å²) in [5.41, 5.74) is -0.137. The number of rotatable bonds is 9. The number of ether oxygens (including phenoxy) is 3. The molecule has 5 aliphatic carbocycles. The van der Waals surface area contributed by atoms with Crippen molar-refractivity contribution in [2.75, 3.05) is 13.2 Å². The molecular weight excluding hydrogens is 390 g/mol. The van der Waals surface area contributed by atoms with Crippen molar-refractivity contribution in [3.05, 3.63) is 0 Å². The van der Waals surface area contributed by atoms with Crippen molar-refractivity contribution in [2.24, 2.45) is 29.1 Å². The maximum Gasteiger partial charge on any atom is 0.376 e. The first kappa shape index (κ1) is 22.4. The Kier molecular flexibility index (Phi) is 6.74. The molecule has 30 heavy (non-hydrogen) atoms. The van der Waals surface area contributed by atoms with E-state index in [9.17, 15) is 13.6 Å². The second kappa shape index (κ2) is 9.01. The smallest absolute Gasteiger partial charge is 0.376 e. The summed E-state index contributed by atoms with van der Waals surface area (Å²) in [6, 6.07) is 0. The monoisotopic (exact) mass is 428 g/mol. The Morgan fingerprint density at radius 3 is 2.40 bits per heavy atom. The van der Waals surface area contributed by atoms with Crippen LogP contribution in [0.2, 0.25) is 0 Å². The lowest BCUT2D eigenvalue weighted by Gasteiger charge is -2.59. The van der Waals surface area contributed by atoms with Crippen LogP contribution in [0.5, 0.6) is 0 Å². The van der Waals surface area contributed by atoms with Gasteiger partial charge in [0.05, 0.1) is 12.7 Å². The summed E-state index contributed by atoms with van der Waals surface area (Å²) in [7, 11) is 0. The summed E-state index contributed by atoms with van der Waals surface area (Å²) in [6.45, 7) is 3.50. The fraction of sp³-hybridized carbons (Fsp3) is 0.958. The molecule has 0 aromatic rings. The number of esters is 1. The van der Waals surface area contributed by atoms with Gasteiger partial charge in [0.25, 0.3) is 0 Å². The van der Waals surface area contributed by atoms with Gasteiger partial charge in [-0.2, -0.15) is 8.78 Å². The highest BCUT2D eigenvalue weighted by atomic mass is 19.3. The number of alkyl halides is 2. The molecule has 0 aromatic heterocycles. The molecule has 0 spiro atoms. The second-order valence-corrected chi connectivity index (χ2v) is 10.8. The summed E-state index contributed by atoms with van der Waals surface area (Å²) in [4.78, 5) is 11.6. The van der Waals surface area contributed by atoms with Gasteiger partial charge in [0.2, 0.25) is 0 Å². The van der Waals surface area contributed by atoms with E-state index in [0.29, 0.717) is 24.7 Å². The molecule has 172 valence electrons. The second-order valence-electron chi connectivity index (χ2n) is 10.8. The van der Waals surface area contributed by atoms with Gasteiger partial charge in [0, 0.05) is 18.9 Å². The number of hydrogen-bond acceptors (Lipinski definition) is 4. The zero-order chi connectivity index (χ0) is 21.4. The molecule has 3 atom stereocenters. The van der Waals surface area contributed by atoms with E-state index < -0.39 is 11.9 Å². The third-order valence-corrected chi connectivity index (χ3v) is 8.13. The van der Waals surface area contributed by atoms with Gasteiger partial charge in [-0.05, 0) is 69.1 Å². The molecule has 6 heteroatoms.